The molecule has 0 aliphatic heterocycles. The first-order valence-electron chi connectivity index (χ1n) is 7.63. The summed E-state index contributed by atoms with van der Waals surface area (Å²) in [7, 11) is 1.67. The summed E-state index contributed by atoms with van der Waals surface area (Å²) < 4.78 is 10.8. The fourth-order valence-corrected chi connectivity index (χ4v) is 2.09. The third-order valence-corrected chi connectivity index (χ3v) is 3.53. The molecule has 118 valence electrons. The number of aliphatic hydroxyl groups excluding tert-OH is 1. The molecule has 0 aromatic heterocycles. The number of benzene rings is 1. The second-order valence-corrected chi connectivity index (χ2v) is 5.59. The molecule has 0 saturated carbocycles. The minimum absolute atomic E-state index is 0.287. The minimum Gasteiger partial charge on any atom is -0.497 e. The van der Waals surface area contributed by atoms with Crippen LogP contribution >= 0.6 is 0 Å². The maximum absolute atomic E-state index is 8.86. The predicted molar refractivity (Wildman–Crippen MR) is 86.5 cm³/mol. The van der Waals surface area contributed by atoms with E-state index >= 15 is 0 Å². The topological polar surface area (TPSA) is 38.7 Å². The van der Waals surface area contributed by atoms with Crippen molar-refractivity contribution < 1.29 is 14.6 Å². The van der Waals surface area contributed by atoms with Gasteiger partial charge >= 0.3 is 0 Å². The number of allylic oxidation sites excluding steroid dienone is 1. The van der Waals surface area contributed by atoms with Crippen molar-refractivity contribution in [2.75, 3.05) is 20.3 Å². The highest BCUT2D eigenvalue weighted by atomic mass is 16.5. The molecule has 0 aliphatic carbocycles. The van der Waals surface area contributed by atoms with Gasteiger partial charge in [-0.05, 0) is 49.8 Å². The normalized spacial score (nSPS) is 13.2. The first-order valence-corrected chi connectivity index (χ1v) is 7.63. The molecule has 21 heavy (non-hydrogen) atoms. The zero-order valence-corrected chi connectivity index (χ0v) is 13.5. The third-order valence-electron chi connectivity index (χ3n) is 3.53. The van der Waals surface area contributed by atoms with Crippen LogP contribution < -0.4 is 4.74 Å². The van der Waals surface area contributed by atoms with Gasteiger partial charge in [-0.15, -0.1) is 0 Å². The fraction of sp³-hybridized carbons (Fsp3) is 0.556. The van der Waals surface area contributed by atoms with E-state index < -0.39 is 0 Å². The van der Waals surface area contributed by atoms with Gasteiger partial charge in [0.1, 0.15) is 5.75 Å². The number of aliphatic hydroxyl groups is 1. The van der Waals surface area contributed by atoms with Crippen LogP contribution in [0.4, 0.5) is 0 Å². The maximum Gasteiger partial charge on any atom is 0.118 e. The summed E-state index contributed by atoms with van der Waals surface area (Å²) in [6.45, 7) is 5.86. The van der Waals surface area contributed by atoms with Gasteiger partial charge in [-0.1, -0.05) is 30.7 Å². The number of rotatable bonds is 10. The van der Waals surface area contributed by atoms with Gasteiger partial charge in [-0.25, -0.2) is 0 Å². The zero-order chi connectivity index (χ0) is 15.5. The van der Waals surface area contributed by atoms with Gasteiger partial charge in [0.05, 0.1) is 20.3 Å². The van der Waals surface area contributed by atoms with E-state index in [2.05, 4.69) is 19.9 Å². The molecule has 0 spiro atoms. The highest BCUT2D eigenvalue weighted by Gasteiger charge is 2.00. The van der Waals surface area contributed by atoms with Gasteiger partial charge in [-0.3, -0.25) is 0 Å². The standard InChI is InChI=1S/C18H28O3/c1-15(11-12-19)5-4-6-16(2)13-21-14-17-7-9-18(20-3)10-8-17/h6-10,15,19H,4-5,11-14H2,1-3H3/b16-6-/t15-/m1/s1. The highest BCUT2D eigenvalue weighted by molar-refractivity contribution is 5.26. The first-order chi connectivity index (χ1) is 10.2. The Labute approximate surface area is 128 Å². The van der Waals surface area contributed by atoms with Gasteiger partial charge in [0, 0.05) is 6.61 Å². The van der Waals surface area contributed by atoms with Crippen LogP contribution in [-0.4, -0.2) is 25.4 Å². The van der Waals surface area contributed by atoms with Gasteiger partial charge in [0.25, 0.3) is 0 Å². The second kappa shape index (κ2) is 10.4. The van der Waals surface area contributed by atoms with Crippen molar-refractivity contribution in [2.45, 2.75) is 39.7 Å². The third kappa shape index (κ3) is 7.88. The van der Waals surface area contributed by atoms with Crippen LogP contribution in [0.15, 0.2) is 35.9 Å². The summed E-state index contributed by atoms with van der Waals surface area (Å²) in [4.78, 5) is 0. The van der Waals surface area contributed by atoms with E-state index in [0.29, 0.717) is 19.1 Å². The van der Waals surface area contributed by atoms with E-state index in [1.807, 2.05) is 24.3 Å². The van der Waals surface area contributed by atoms with E-state index in [0.717, 1.165) is 30.6 Å². The summed E-state index contributed by atoms with van der Waals surface area (Å²) in [5.74, 6) is 1.45. The molecule has 0 saturated heterocycles. The minimum atomic E-state index is 0.287. The largest absolute Gasteiger partial charge is 0.497 e. The lowest BCUT2D eigenvalue weighted by Gasteiger charge is -2.08. The zero-order valence-electron chi connectivity index (χ0n) is 13.5. The first kappa shape index (κ1) is 17.7. The summed E-state index contributed by atoms with van der Waals surface area (Å²) in [6.07, 6.45) is 5.30. The summed E-state index contributed by atoms with van der Waals surface area (Å²) in [5, 5.41) is 8.86. The molecule has 1 rings (SSSR count). The van der Waals surface area contributed by atoms with Crippen LogP contribution in [0.25, 0.3) is 0 Å². The number of methoxy groups -OCH3 is 1. The van der Waals surface area contributed by atoms with E-state index in [1.54, 1.807) is 7.11 Å². The Bertz CT molecular complexity index is 409. The summed E-state index contributed by atoms with van der Waals surface area (Å²) in [5.41, 5.74) is 2.42. The molecular weight excluding hydrogens is 264 g/mol. The molecule has 0 bridgehead atoms. The Morgan fingerprint density at radius 1 is 1.24 bits per heavy atom. The Balaban J connectivity index is 2.21. The average Bonchev–Trinajstić information content (AvgIpc) is 2.48. The van der Waals surface area contributed by atoms with Crippen LogP contribution in [0.1, 0.15) is 38.7 Å². The molecule has 1 aromatic carbocycles. The van der Waals surface area contributed by atoms with Crippen molar-refractivity contribution in [2.24, 2.45) is 5.92 Å². The Kier molecular flexibility index (Phi) is 8.79. The molecule has 1 atom stereocenters. The van der Waals surface area contributed by atoms with Crippen LogP contribution in [-0.2, 0) is 11.3 Å². The van der Waals surface area contributed by atoms with Crippen molar-refractivity contribution >= 4 is 0 Å². The summed E-state index contributed by atoms with van der Waals surface area (Å²) >= 11 is 0. The van der Waals surface area contributed by atoms with Crippen molar-refractivity contribution in [3.8, 4) is 5.75 Å². The van der Waals surface area contributed by atoms with E-state index in [9.17, 15) is 0 Å². The van der Waals surface area contributed by atoms with Crippen LogP contribution in [0.2, 0.25) is 0 Å². The van der Waals surface area contributed by atoms with Crippen molar-refractivity contribution in [1.29, 1.82) is 0 Å². The number of hydrogen-bond acceptors (Lipinski definition) is 3. The van der Waals surface area contributed by atoms with Crippen LogP contribution in [0.5, 0.6) is 5.75 Å². The predicted octanol–water partition coefficient (Wildman–Crippen LogP) is 3.96. The van der Waals surface area contributed by atoms with Crippen molar-refractivity contribution in [1.82, 2.24) is 0 Å². The number of ether oxygens (including phenoxy) is 2. The maximum atomic E-state index is 8.86. The average molecular weight is 292 g/mol. The molecule has 0 aliphatic rings. The quantitative estimate of drug-likeness (QED) is 0.663. The van der Waals surface area contributed by atoms with Gasteiger partial charge in [-0.2, -0.15) is 0 Å². The van der Waals surface area contributed by atoms with E-state index in [-0.39, 0.29) is 6.61 Å². The van der Waals surface area contributed by atoms with Crippen molar-refractivity contribution in [3.05, 3.63) is 41.5 Å². The fourth-order valence-electron chi connectivity index (χ4n) is 2.09. The molecule has 0 fully saturated rings. The Hall–Kier alpha value is -1.32. The molecule has 1 N–H and O–H groups in total. The molecular formula is C18H28O3. The molecule has 3 nitrogen and oxygen atoms in total. The lowest BCUT2D eigenvalue weighted by Crippen LogP contribution is -1.99. The molecule has 0 amide bonds. The van der Waals surface area contributed by atoms with Crippen LogP contribution in [0, 0.1) is 5.92 Å². The molecule has 3 heteroatoms. The van der Waals surface area contributed by atoms with Gasteiger partial charge < -0.3 is 14.6 Å². The SMILES string of the molecule is COc1ccc(COC/C(C)=C\CC[C@@H](C)CCO)cc1. The van der Waals surface area contributed by atoms with Gasteiger partial charge in [0.15, 0.2) is 0 Å². The second-order valence-electron chi connectivity index (χ2n) is 5.59. The summed E-state index contributed by atoms with van der Waals surface area (Å²) in [6, 6.07) is 7.94. The van der Waals surface area contributed by atoms with E-state index in [4.69, 9.17) is 14.6 Å². The monoisotopic (exact) mass is 292 g/mol. The van der Waals surface area contributed by atoms with Crippen LogP contribution in [0.3, 0.4) is 0 Å². The van der Waals surface area contributed by atoms with E-state index in [1.165, 1.54) is 5.57 Å². The highest BCUT2D eigenvalue weighted by Crippen LogP contribution is 2.13. The Morgan fingerprint density at radius 3 is 2.57 bits per heavy atom. The lowest BCUT2D eigenvalue weighted by atomic mass is 10.0. The molecule has 1 aromatic rings. The molecule has 0 unspecified atom stereocenters. The Morgan fingerprint density at radius 2 is 1.95 bits per heavy atom. The lowest BCUT2D eigenvalue weighted by molar-refractivity contribution is 0.142. The molecule has 0 heterocycles. The van der Waals surface area contributed by atoms with Gasteiger partial charge in [0.2, 0.25) is 0 Å². The smallest absolute Gasteiger partial charge is 0.118 e. The van der Waals surface area contributed by atoms with Crippen molar-refractivity contribution in [3.63, 3.8) is 0 Å². The number of hydrogen-bond donors (Lipinski definition) is 1. The molecule has 0 radical (unpaired) electrons.